The number of likely N-dealkylation sites (tertiary alicyclic amines) is 1. The van der Waals surface area contributed by atoms with Gasteiger partial charge in [0.2, 0.25) is 0 Å². The second kappa shape index (κ2) is 6.75. The van der Waals surface area contributed by atoms with Crippen LogP contribution in [0, 0.1) is 0 Å². The lowest BCUT2D eigenvalue weighted by Crippen LogP contribution is -2.45. The molecule has 0 amide bonds. The molecule has 2 aromatic heterocycles. The van der Waals surface area contributed by atoms with Crippen LogP contribution in [0.1, 0.15) is 38.9 Å². The third kappa shape index (κ3) is 3.01. The van der Waals surface area contributed by atoms with Crippen molar-refractivity contribution >= 4 is 11.2 Å². The molecule has 1 fully saturated rings. The van der Waals surface area contributed by atoms with Crippen molar-refractivity contribution in [3.8, 4) is 0 Å². The van der Waals surface area contributed by atoms with E-state index in [1.165, 1.54) is 25.8 Å². The molecule has 1 aliphatic heterocycles. The quantitative estimate of drug-likeness (QED) is 0.920. The zero-order valence-corrected chi connectivity index (χ0v) is 13.6. The average Bonchev–Trinajstić information content (AvgIpc) is 2.86. The minimum atomic E-state index is 0.119. The highest BCUT2D eigenvalue weighted by atomic mass is 16.3. The van der Waals surface area contributed by atoms with Crippen molar-refractivity contribution in [2.24, 2.45) is 0 Å². The molecule has 1 unspecified atom stereocenters. The van der Waals surface area contributed by atoms with Crippen LogP contribution in [0.25, 0.3) is 11.2 Å². The number of hydrogen-bond acceptors (Lipinski definition) is 4. The van der Waals surface area contributed by atoms with E-state index in [1.807, 2.05) is 12.1 Å². The molecular weight excluding hydrogens is 276 g/mol. The maximum Gasteiger partial charge on any atom is 0.160 e. The first-order chi connectivity index (χ1) is 10.7. The van der Waals surface area contributed by atoms with Crippen LogP contribution in [0.4, 0.5) is 0 Å². The molecule has 0 bridgehead atoms. The molecule has 3 heterocycles. The second-order valence-corrected chi connectivity index (χ2v) is 6.43. The molecule has 5 nitrogen and oxygen atoms in total. The van der Waals surface area contributed by atoms with Gasteiger partial charge in [-0.25, -0.2) is 9.97 Å². The Balaban J connectivity index is 1.90. The number of aliphatic hydroxyl groups is 1. The standard InChI is InChI=1S/C17H26N4O/c1-13(2)20-9-4-3-6-14(20)12-16-19-15-7-5-8-18-17(15)21(16)10-11-22/h5,7-8,13-14,22H,3-4,6,9-12H2,1-2H3. The smallest absolute Gasteiger partial charge is 0.160 e. The molecule has 0 radical (unpaired) electrons. The van der Waals surface area contributed by atoms with Crippen molar-refractivity contribution in [2.45, 2.75) is 58.2 Å². The number of aliphatic hydroxyl groups excluding tert-OH is 1. The van der Waals surface area contributed by atoms with E-state index in [1.54, 1.807) is 6.20 Å². The lowest BCUT2D eigenvalue weighted by atomic mass is 9.97. The Hall–Kier alpha value is -1.46. The van der Waals surface area contributed by atoms with Crippen LogP contribution in [0.5, 0.6) is 0 Å². The lowest BCUT2D eigenvalue weighted by Gasteiger charge is -2.38. The Labute approximate surface area is 132 Å². The predicted molar refractivity (Wildman–Crippen MR) is 87.8 cm³/mol. The monoisotopic (exact) mass is 302 g/mol. The number of fused-ring (bicyclic) bond motifs is 1. The fourth-order valence-electron chi connectivity index (χ4n) is 3.63. The molecular formula is C17H26N4O. The second-order valence-electron chi connectivity index (χ2n) is 6.43. The van der Waals surface area contributed by atoms with Crippen molar-refractivity contribution in [1.82, 2.24) is 19.4 Å². The fourth-order valence-corrected chi connectivity index (χ4v) is 3.63. The van der Waals surface area contributed by atoms with Crippen molar-refractivity contribution in [3.63, 3.8) is 0 Å². The van der Waals surface area contributed by atoms with Crippen LogP contribution in [-0.2, 0) is 13.0 Å². The van der Waals surface area contributed by atoms with Crippen LogP contribution in [0.3, 0.4) is 0 Å². The van der Waals surface area contributed by atoms with Gasteiger partial charge in [-0.1, -0.05) is 6.42 Å². The minimum Gasteiger partial charge on any atom is -0.395 e. The Kier molecular flexibility index (Phi) is 4.74. The summed E-state index contributed by atoms with van der Waals surface area (Å²) in [5, 5.41) is 9.38. The van der Waals surface area contributed by atoms with Gasteiger partial charge in [0.05, 0.1) is 6.61 Å². The Morgan fingerprint density at radius 2 is 2.23 bits per heavy atom. The minimum absolute atomic E-state index is 0.119. The molecule has 0 saturated carbocycles. The third-order valence-corrected chi connectivity index (χ3v) is 4.66. The zero-order valence-electron chi connectivity index (χ0n) is 13.6. The highest BCUT2D eigenvalue weighted by molar-refractivity contribution is 5.71. The number of rotatable bonds is 5. The molecule has 5 heteroatoms. The van der Waals surface area contributed by atoms with Crippen molar-refractivity contribution in [3.05, 3.63) is 24.2 Å². The largest absolute Gasteiger partial charge is 0.395 e. The van der Waals surface area contributed by atoms with Crippen molar-refractivity contribution in [2.75, 3.05) is 13.2 Å². The molecule has 0 spiro atoms. The van der Waals surface area contributed by atoms with Gasteiger partial charge in [0, 0.05) is 31.2 Å². The highest BCUT2D eigenvalue weighted by Gasteiger charge is 2.26. The molecule has 3 rings (SSSR count). The molecule has 0 aromatic carbocycles. The van der Waals surface area contributed by atoms with E-state index in [4.69, 9.17) is 4.98 Å². The fraction of sp³-hybridized carbons (Fsp3) is 0.647. The van der Waals surface area contributed by atoms with Crippen LogP contribution in [0.2, 0.25) is 0 Å². The number of imidazole rings is 1. The zero-order chi connectivity index (χ0) is 15.5. The Morgan fingerprint density at radius 3 is 3.00 bits per heavy atom. The summed E-state index contributed by atoms with van der Waals surface area (Å²) in [6, 6.07) is 5.03. The first-order valence-corrected chi connectivity index (χ1v) is 8.37. The SMILES string of the molecule is CC(C)N1CCCCC1Cc1nc2cccnc2n1CCO. The molecule has 2 aromatic rings. The predicted octanol–water partition coefficient (Wildman–Crippen LogP) is 2.23. The maximum absolute atomic E-state index is 9.38. The first kappa shape index (κ1) is 15.4. The molecule has 1 saturated heterocycles. The summed E-state index contributed by atoms with van der Waals surface area (Å²) in [5.74, 6) is 1.06. The van der Waals surface area contributed by atoms with Crippen molar-refractivity contribution < 1.29 is 5.11 Å². The van der Waals surface area contributed by atoms with Gasteiger partial charge < -0.3 is 9.67 Å². The van der Waals surface area contributed by atoms with Crippen LogP contribution in [-0.4, -0.2) is 49.8 Å². The topological polar surface area (TPSA) is 54.2 Å². The van der Waals surface area contributed by atoms with E-state index < -0.39 is 0 Å². The van der Waals surface area contributed by atoms with E-state index in [0.29, 0.717) is 18.6 Å². The van der Waals surface area contributed by atoms with Gasteiger partial charge >= 0.3 is 0 Å². The van der Waals surface area contributed by atoms with Gasteiger partial charge in [-0.05, 0) is 45.4 Å². The maximum atomic E-state index is 9.38. The third-order valence-electron chi connectivity index (χ3n) is 4.66. The summed E-state index contributed by atoms with van der Waals surface area (Å²) in [5.41, 5.74) is 1.82. The molecule has 22 heavy (non-hydrogen) atoms. The molecule has 1 N–H and O–H groups in total. The summed E-state index contributed by atoms with van der Waals surface area (Å²) in [6.45, 7) is 6.42. The molecule has 120 valence electrons. The van der Waals surface area contributed by atoms with Gasteiger partial charge in [0.25, 0.3) is 0 Å². The lowest BCUT2D eigenvalue weighted by molar-refractivity contribution is 0.109. The summed E-state index contributed by atoms with van der Waals surface area (Å²) in [6.07, 6.45) is 6.56. The number of hydrogen-bond donors (Lipinski definition) is 1. The van der Waals surface area contributed by atoms with Crippen LogP contribution >= 0.6 is 0 Å². The van der Waals surface area contributed by atoms with E-state index in [9.17, 15) is 5.11 Å². The highest BCUT2D eigenvalue weighted by Crippen LogP contribution is 2.24. The van der Waals surface area contributed by atoms with E-state index in [2.05, 4.69) is 28.3 Å². The van der Waals surface area contributed by atoms with Gasteiger partial charge in [-0.2, -0.15) is 0 Å². The summed E-state index contributed by atoms with van der Waals surface area (Å²) in [4.78, 5) is 11.8. The van der Waals surface area contributed by atoms with Crippen molar-refractivity contribution in [1.29, 1.82) is 0 Å². The number of nitrogens with zero attached hydrogens (tertiary/aromatic N) is 4. The van der Waals surface area contributed by atoms with Gasteiger partial charge in [0.15, 0.2) is 5.65 Å². The number of piperidine rings is 1. The van der Waals surface area contributed by atoms with E-state index in [-0.39, 0.29) is 6.61 Å². The van der Waals surface area contributed by atoms with Gasteiger partial charge in [0.1, 0.15) is 11.3 Å². The number of pyridine rings is 1. The Morgan fingerprint density at radius 1 is 1.36 bits per heavy atom. The summed E-state index contributed by atoms with van der Waals surface area (Å²) >= 11 is 0. The van der Waals surface area contributed by atoms with E-state index in [0.717, 1.165) is 23.4 Å². The van der Waals surface area contributed by atoms with Gasteiger partial charge in [-0.3, -0.25) is 4.90 Å². The normalized spacial score (nSPS) is 20.1. The van der Waals surface area contributed by atoms with Crippen LogP contribution in [0.15, 0.2) is 18.3 Å². The number of aromatic nitrogens is 3. The molecule has 1 aliphatic rings. The van der Waals surface area contributed by atoms with Crippen LogP contribution < -0.4 is 0 Å². The summed E-state index contributed by atoms with van der Waals surface area (Å²) < 4.78 is 2.09. The Bertz CT molecular complexity index is 622. The average molecular weight is 302 g/mol. The van der Waals surface area contributed by atoms with E-state index >= 15 is 0 Å². The van der Waals surface area contributed by atoms with Gasteiger partial charge in [-0.15, -0.1) is 0 Å². The summed E-state index contributed by atoms with van der Waals surface area (Å²) in [7, 11) is 0. The molecule has 1 atom stereocenters. The molecule has 0 aliphatic carbocycles. The first-order valence-electron chi connectivity index (χ1n) is 8.37.